The number of nitrogens with zero attached hydrogens (tertiary/aromatic N) is 4. The van der Waals surface area contributed by atoms with Crippen molar-refractivity contribution in [3.8, 4) is 33.8 Å². The molecular weight excluding hydrogens is 1400 g/mol. The van der Waals surface area contributed by atoms with Crippen LogP contribution in [-0.2, 0) is 45.2 Å². The smallest absolute Gasteiger partial charge is 0.251 e. The first kappa shape index (κ1) is 80.4. The van der Waals surface area contributed by atoms with E-state index in [1.54, 1.807) is 38.2 Å². The predicted molar refractivity (Wildman–Crippen MR) is 433 cm³/mol. The Morgan fingerprint density at radius 2 is 0.937 bits per heavy atom. The van der Waals surface area contributed by atoms with Gasteiger partial charge in [0.25, 0.3) is 11.8 Å². The minimum absolute atomic E-state index is 0.0268. The van der Waals surface area contributed by atoms with Crippen molar-refractivity contribution in [2.24, 2.45) is 58.2 Å². The van der Waals surface area contributed by atoms with Gasteiger partial charge in [-0.3, -0.25) is 28.9 Å². The summed E-state index contributed by atoms with van der Waals surface area (Å²) in [7, 11) is 11.0. The number of benzene rings is 7. The largest absolute Gasteiger partial charge is 0.496 e. The third-order valence-corrected chi connectivity index (χ3v) is 26.6. The lowest BCUT2D eigenvalue weighted by Crippen LogP contribution is -2.62. The summed E-state index contributed by atoms with van der Waals surface area (Å²) in [6, 6.07) is 50.5. The standard InChI is InChI=1S/C48H60N4O6.C43H56N4O6/c1-29-40-24-36(48(40,3)4)25-41(29)50-47(56)44-43(30(2)54)42(28-53)58-52(44)27-33-19-14-20-38(45(33)57-7)34-21-35(23-37(22-34)51(5)6)46(55)49-26-39(31-15-10-8-11-16-31)32-17-12-9-13-18-32;1-24-35-20-31(43(35,3)4)21-36(24)45-42(51)39-38(25(2)49)37(23-48)53-47(39)22-28-13-10-14-34(40(28)52-7)29-15-30(19-33(18-29)46(5)6)41(50)44-32-16-26-11-8-9-12-27(26)17-32/h8-23,29-30,36,39-44,53-54H,24-28H2,1-7H3,(H,49,55)(H,50,56);8-15,18-19,24-25,31-32,35-39,48-49H,16-17,20-23H2,1-7H3,(H,44,50)(H,45,51)/t29-,30-,36+,40-,41-,42-,43+,44-;24-,25-,31+,35-,36-,37-,38+,39-/m00/s1. The van der Waals surface area contributed by atoms with Crippen LogP contribution < -0.4 is 40.5 Å². The van der Waals surface area contributed by atoms with Crippen molar-refractivity contribution in [3.63, 3.8) is 0 Å². The van der Waals surface area contributed by atoms with E-state index in [2.05, 4.69) is 99.2 Å². The van der Waals surface area contributed by atoms with Crippen LogP contribution in [0.3, 0.4) is 0 Å². The molecule has 20 heteroatoms. The number of anilines is 2. The highest BCUT2D eigenvalue weighted by Gasteiger charge is 2.59. The number of hydrogen-bond acceptors (Lipinski definition) is 16. The quantitative estimate of drug-likeness (QED) is 0.0265. The number of nitrogens with one attached hydrogen (secondary N) is 4. The zero-order chi connectivity index (χ0) is 79.1. The third kappa shape index (κ3) is 16.3. The fraction of sp³-hybridized carbons (Fsp3) is 0.495. The van der Waals surface area contributed by atoms with Gasteiger partial charge in [0.05, 0.1) is 52.7 Å². The van der Waals surface area contributed by atoms with Gasteiger partial charge in [0.2, 0.25) is 11.8 Å². The number of amides is 4. The van der Waals surface area contributed by atoms with Gasteiger partial charge in [-0.2, -0.15) is 10.1 Å². The molecular formula is C91H116N8O12. The lowest BCUT2D eigenvalue weighted by Gasteiger charge is -2.62. The average molecular weight is 1510 g/mol. The summed E-state index contributed by atoms with van der Waals surface area (Å²) in [5.41, 5.74) is 12.8. The number of carbonyl (C=O) groups excluding carboxylic acids is 4. The minimum Gasteiger partial charge on any atom is -0.496 e. The molecule has 4 amide bonds. The van der Waals surface area contributed by atoms with E-state index in [9.17, 15) is 39.6 Å². The summed E-state index contributed by atoms with van der Waals surface area (Å²) in [5, 5.41) is 59.1. The van der Waals surface area contributed by atoms with Crippen LogP contribution in [0.2, 0.25) is 0 Å². The van der Waals surface area contributed by atoms with E-state index in [4.69, 9.17) is 19.1 Å². The van der Waals surface area contributed by atoms with Crippen molar-refractivity contribution in [3.05, 3.63) is 202 Å². The summed E-state index contributed by atoms with van der Waals surface area (Å²) in [6.45, 7) is 17.2. The van der Waals surface area contributed by atoms with E-state index in [0.717, 1.165) is 81.6 Å². The highest BCUT2D eigenvalue weighted by Crippen LogP contribution is 2.62. The van der Waals surface area contributed by atoms with Gasteiger partial charge in [0.1, 0.15) is 35.8 Å². The van der Waals surface area contributed by atoms with Crippen LogP contribution in [0.4, 0.5) is 11.4 Å². The van der Waals surface area contributed by atoms with Crippen molar-refractivity contribution >= 4 is 35.0 Å². The molecule has 6 saturated carbocycles. The second-order valence-corrected chi connectivity index (χ2v) is 34.2. The van der Waals surface area contributed by atoms with Crippen LogP contribution in [0.5, 0.6) is 11.5 Å². The molecule has 0 aromatic heterocycles. The monoisotopic (exact) mass is 1510 g/mol. The van der Waals surface area contributed by atoms with E-state index < -0.39 is 48.3 Å². The van der Waals surface area contributed by atoms with E-state index in [-0.39, 0.29) is 84.8 Å². The van der Waals surface area contributed by atoms with Crippen LogP contribution in [0.1, 0.15) is 141 Å². The van der Waals surface area contributed by atoms with Gasteiger partial charge in [0, 0.05) is 115 Å². The van der Waals surface area contributed by atoms with Crippen LogP contribution >= 0.6 is 0 Å². The van der Waals surface area contributed by atoms with Crippen LogP contribution in [0.15, 0.2) is 158 Å². The first-order chi connectivity index (χ1) is 53.1. The Labute approximate surface area is 655 Å². The van der Waals surface area contributed by atoms with Crippen molar-refractivity contribution in [1.29, 1.82) is 0 Å². The zero-order valence-electron chi connectivity index (χ0n) is 67.0. The molecule has 7 aromatic carbocycles. The molecule has 2 saturated heterocycles. The molecule has 7 aromatic rings. The summed E-state index contributed by atoms with van der Waals surface area (Å²) < 4.78 is 12.2. The Kier molecular flexibility index (Phi) is 24.3. The summed E-state index contributed by atoms with van der Waals surface area (Å²) in [5.74, 6) is 2.05. The van der Waals surface area contributed by atoms with E-state index in [1.807, 2.05) is 159 Å². The maximum absolute atomic E-state index is 14.3. The average Bonchev–Trinajstić information content (AvgIpc) is 1.22. The Balaban J connectivity index is 0.000000195. The topological polar surface area (TPSA) is 247 Å². The van der Waals surface area contributed by atoms with Crippen molar-refractivity contribution in [1.82, 2.24) is 31.4 Å². The molecule has 0 radical (unpaired) electrons. The number of aliphatic hydroxyl groups is 4. The molecule has 592 valence electrons. The molecule has 2 heterocycles. The fourth-order valence-corrected chi connectivity index (χ4v) is 20.0. The Hall–Kier alpha value is -8.70. The van der Waals surface area contributed by atoms with Crippen molar-refractivity contribution < 1.29 is 58.8 Å². The molecule has 16 atom stereocenters. The molecule has 16 rings (SSSR count). The highest BCUT2D eigenvalue weighted by atomic mass is 16.7. The number of fused-ring (bicyclic) bond motifs is 5. The van der Waals surface area contributed by atoms with E-state index in [0.29, 0.717) is 64.7 Å². The SMILES string of the molecule is COc1c(CN2O[C@@H](CO)[C@@H]([C@H](C)O)[C@H]2C(=O)N[C@H]2C[C@H]3C[C@@H]([C@@H]2C)C3(C)C)cccc1-c1cc(C(=O)NC2Cc3ccccc3C2)cc(N(C)C)c1.COc1c(CN2O[C@@H](CO)[C@@H]([C@H](C)O)[C@H]2C(=O)N[C@H]2C[C@H]3C[C@@H]([C@@H]2C)C3(C)C)cccc1-c1cc(C(=O)NCC(c2ccccc2)c2ccccc2)cc(N(C)C)c1. The second kappa shape index (κ2) is 33.5. The maximum atomic E-state index is 14.3. The number of hydroxylamine groups is 4. The number of hydrogen-bond donors (Lipinski definition) is 8. The summed E-state index contributed by atoms with van der Waals surface area (Å²) >= 11 is 0. The first-order valence-corrected chi connectivity index (χ1v) is 39.9. The second-order valence-electron chi connectivity index (χ2n) is 34.2. The van der Waals surface area contributed by atoms with E-state index in [1.165, 1.54) is 24.0 Å². The zero-order valence-corrected chi connectivity index (χ0v) is 67.0. The molecule has 2 aliphatic heterocycles. The van der Waals surface area contributed by atoms with Crippen LogP contribution in [0.25, 0.3) is 22.3 Å². The van der Waals surface area contributed by atoms with Gasteiger partial charge in [-0.05, 0) is 168 Å². The van der Waals surface area contributed by atoms with Gasteiger partial charge in [0.15, 0.2) is 0 Å². The molecule has 4 bridgehead atoms. The fourth-order valence-electron chi connectivity index (χ4n) is 20.0. The van der Waals surface area contributed by atoms with Crippen LogP contribution in [-0.4, -0.2) is 171 Å². The first-order valence-electron chi connectivity index (χ1n) is 39.9. The Morgan fingerprint density at radius 3 is 1.31 bits per heavy atom. The number of methoxy groups -OCH3 is 2. The number of ether oxygens (including phenoxy) is 2. The lowest BCUT2D eigenvalue weighted by molar-refractivity contribution is -0.183. The van der Waals surface area contributed by atoms with Crippen molar-refractivity contribution in [2.75, 3.05) is 72.0 Å². The Bertz CT molecular complexity index is 4390. The normalized spacial score (nSPS) is 26.7. The third-order valence-electron chi connectivity index (χ3n) is 26.6. The minimum atomic E-state index is -0.906. The summed E-state index contributed by atoms with van der Waals surface area (Å²) in [4.78, 5) is 72.9. The van der Waals surface area contributed by atoms with Gasteiger partial charge >= 0.3 is 0 Å². The number of rotatable bonds is 25. The summed E-state index contributed by atoms with van der Waals surface area (Å²) in [6.07, 6.45) is 2.57. The van der Waals surface area contributed by atoms with E-state index >= 15 is 0 Å². The van der Waals surface area contributed by atoms with Crippen LogP contribution in [0, 0.1) is 58.2 Å². The predicted octanol–water partition coefficient (Wildman–Crippen LogP) is 11.6. The van der Waals surface area contributed by atoms with Gasteiger partial charge in [-0.15, -0.1) is 0 Å². The number of carbonyl (C=O) groups is 4. The number of para-hydroxylation sites is 2. The molecule has 9 aliphatic rings. The lowest BCUT2D eigenvalue weighted by atomic mass is 9.45. The molecule has 111 heavy (non-hydrogen) atoms. The maximum Gasteiger partial charge on any atom is 0.251 e. The van der Waals surface area contributed by atoms with Gasteiger partial charge < -0.3 is 61.0 Å². The molecule has 20 nitrogen and oxygen atoms in total. The molecule has 0 unspecified atom stereocenters. The Morgan fingerprint density at radius 1 is 0.532 bits per heavy atom. The molecule has 0 spiro atoms. The van der Waals surface area contributed by atoms with Crippen molar-refractivity contribution in [2.45, 2.75) is 168 Å². The molecule has 7 aliphatic carbocycles. The number of aliphatic hydroxyl groups excluding tert-OH is 4. The van der Waals surface area contributed by atoms with Gasteiger partial charge in [-0.1, -0.05) is 163 Å². The van der Waals surface area contributed by atoms with Gasteiger partial charge in [-0.25, -0.2) is 0 Å². The molecule has 8 fully saturated rings. The highest BCUT2D eigenvalue weighted by molar-refractivity contribution is 5.98. The molecule has 8 N–H and O–H groups in total.